The molecule has 2 atom stereocenters. The van der Waals surface area contributed by atoms with Gasteiger partial charge < -0.3 is 15.3 Å². The second-order valence-electron chi connectivity index (χ2n) is 7.02. The molecule has 4 nitrogen and oxygen atoms in total. The first kappa shape index (κ1) is 19.6. The number of aliphatic hydroxyl groups is 1. The van der Waals surface area contributed by atoms with Crippen LogP contribution in [0.15, 0.2) is 48.5 Å². The van der Waals surface area contributed by atoms with Crippen molar-refractivity contribution in [1.29, 1.82) is 0 Å². The van der Waals surface area contributed by atoms with Crippen molar-refractivity contribution in [2.24, 2.45) is 5.92 Å². The second kappa shape index (κ2) is 8.72. The topological polar surface area (TPSA) is 52.6 Å². The van der Waals surface area contributed by atoms with Gasteiger partial charge in [-0.2, -0.15) is 0 Å². The molecule has 1 heterocycles. The zero-order chi connectivity index (χ0) is 19.4. The summed E-state index contributed by atoms with van der Waals surface area (Å²) in [5, 5.41) is 13.5. The Morgan fingerprint density at radius 1 is 1.19 bits per heavy atom. The first-order valence-electron chi connectivity index (χ1n) is 9.19. The van der Waals surface area contributed by atoms with E-state index in [4.69, 9.17) is 11.6 Å². The molecule has 0 aliphatic carbocycles. The van der Waals surface area contributed by atoms with Gasteiger partial charge in [-0.3, -0.25) is 0 Å². The molecule has 144 valence electrons. The van der Waals surface area contributed by atoms with Gasteiger partial charge >= 0.3 is 6.03 Å². The monoisotopic (exact) mass is 390 g/mol. The van der Waals surface area contributed by atoms with Gasteiger partial charge in [0.25, 0.3) is 0 Å². The number of likely N-dealkylation sites (tertiary alicyclic amines) is 1. The van der Waals surface area contributed by atoms with Crippen molar-refractivity contribution in [1.82, 2.24) is 10.2 Å². The van der Waals surface area contributed by atoms with Crippen LogP contribution in [0.2, 0.25) is 5.02 Å². The molecule has 1 aliphatic heterocycles. The highest BCUT2D eigenvalue weighted by Crippen LogP contribution is 2.30. The predicted molar refractivity (Wildman–Crippen MR) is 104 cm³/mol. The van der Waals surface area contributed by atoms with Gasteiger partial charge in [-0.25, -0.2) is 9.18 Å². The third-order valence-electron chi connectivity index (χ3n) is 5.20. The number of carbonyl (C=O) groups is 1. The van der Waals surface area contributed by atoms with E-state index in [1.54, 1.807) is 11.0 Å². The lowest BCUT2D eigenvalue weighted by Gasteiger charge is -2.35. The Hall–Kier alpha value is -2.11. The van der Waals surface area contributed by atoms with Crippen molar-refractivity contribution in [3.05, 3.63) is 70.5 Å². The molecule has 2 unspecified atom stereocenters. The zero-order valence-electron chi connectivity index (χ0n) is 15.2. The van der Waals surface area contributed by atoms with Gasteiger partial charge in [0.05, 0.1) is 17.2 Å². The summed E-state index contributed by atoms with van der Waals surface area (Å²) in [5.74, 6) is -0.331. The summed E-state index contributed by atoms with van der Waals surface area (Å²) in [7, 11) is 0. The maximum Gasteiger partial charge on any atom is 0.317 e. The number of piperidine rings is 1. The standard InChI is InChI=1S/C21H24ClFN2O2/c1-14(17-7-8-19(23)18(22)13-17)24-21(27)25-11-9-16(10-12-25)20(26)15-5-3-2-4-6-15/h2-8,13-14,16,20,26H,9-12H2,1H3,(H,24,27). The Kier molecular flexibility index (Phi) is 6.34. The van der Waals surface area contributed by atoms with Crippen LogP contribution in [0.1, 0.15) is 43.0 Å². The van der Waals surface area contributed by atoms with Crippen LogP contribution in [-0.4, -0.2) is 29.1 Å². The van der Waals surface area contributed by atoms with E-state index in [0.717, 1.165) is 24.0 Å². The number of carbonyl (C=O) groups excluding carboxylic acids is 1. The number of benzene rings is 2. The van der Waals surface area contributed by atoms with E-state index in [0.29, 0.717) is 13.1 Å². The molecule has 0 bridgehead atoms. The van der Waals surface area contributed by atoms with Crippen LogP contribution in [0.3, 0.4) is 0 Å². The lowest BCUT2D eigenvalue weighted by atomic mass is 9.87. The van der Waals surface area contributed by atoms with Gasteiger partial charge in [0.15, 0.2) is 0 Å². The molecule has 0 spiro atoms. The summed E-state index contributed by atoms with van der Waals surface area (Å²) in [6.07, 6.45) is 0.997. The van der Waals surface area contributed by atoms with Gasteiger partial charge in [-0.15, -0.1) is 0 Å². The van der Waals surface area contributed by atoms with E-state index in [1.165, 1.54) is 12.1 Å². The zero-order valence-corrected chi connectivity index (χ0v) is 16.0. The Bertz CT molecular complexity index is 779. The van der Waals surface area contributed by atoms with E-state index in [2.05, 4.69) is 5.32 Å². The smallest absolute Gasteiger partial charge is 0.317 e. The van der Waals surface area contributed by atoms with Crippen LogP contribution in [-0.2, 0) is 0 Å². The molecule has 1 fully saturated rings. The number of aliphatic hydroxyl groups excluding tert-OH is 1. The Morgan fingerprint density at radius 3 is 2.48 bits per heavy atom. The molecule has 2 aromatic carbocycles. The fourth-order valence-corrected chi connectivity index (χ4v) is 3.67. The average molecular weight is 391 g/mol. The number of nitrogens with one attached hydrogen (secondary N) is 1. The van der Waals surface area contributed by atoms with E-state index in [-0.39, 0.29) is 23.0 Å². The normalized spacial score (nSPS) is 17.4. The summed E-state index contributed by atoms with van der Waals surface area (Å²) in [4.78, 5) is 14.3. The third-order valence-corrected chi connectivity index (χ3v) is 5.49. The largest absolute Gasteiger partial charge is 0.388 e. The van der Waals surface area contributed by atoms with Gasteiger partial charge in [0.1, 0.15) is 5.82 Å². The average Bonchev–Trinajstić information content (AvgIpc) is 2.70. The molecule has 27 heavy (non-hydrogen) atoms. The van der Waals surface area contributed by atoms with E-state index in [9.17, 15) is 14.3 Å². The van der Waals surface area contributed by atoms with Crippen LogP contribution in [0.4, 0.5) is 9.18 Å². The SMILES string of the molecule is CC(NC(=O)N1CCC(C(O)c2ccccc2)CC1)c1ccc(F)c(Cl)c1. The quantitative estimate of drug-likeness (QED) is 0.795. The lowest BCUT2D eigenvalue weighted by Crippen LogP contribution is -2.45. The highest BCUT2D eigenvalue weighted by Gasteiger charge is 2.28. The summed E-state index contributed by atoms with van der Waals surface area (Å²) in [6.45, 7) is 3.03. The predicted octanol–water partition coefficient (Wildman–Crippen LogP) is 4.70. The minimum Gasteiger partial charge on any atom is -0.388 e. The summed E-state index contributed by atoms with van der Waals surface area (Å²) < 4.78 is 13.3. The van der Waals surface area contributed by atoms with Crippen molar-refractivity contribution in [2.75, 3.05) is 13.1 Å². The molecule has 0 radical (unpaired) electrons. The van der Waals surface area contributed by atoms with Gasteiger partial charge in [-0.1, -0.05) is 48.0 Å². The number of hydrogen-bond acceptors (Lipinski definition) is 2. The molecule has 0 aromatic heterocycles. The number of amides is 2. The minimum atomic E-state index is -0.503. The Morgan fingerprint density at radius 2 is 1.85 bits per heavy atom. The van der Waals surface area contributed by atoms with Crippen molar-refractivity contribution in [3.63, 3.8) is 0 Å². The fourth-order valence-electron chi connectivity index (χ4n) is 3.48. The first-order chi connectivity index (χ1) is 13.0. The number of rotatable bonds is 4. The van der Waals surface area contributed by atoms with Crippen LogP contribution in [0, 0.1) is 11.7 Å². The van der Waals surface area contributed by atoms with Crippen LogP contribution in [0.5, 0.6) is 0 Å². The maximum absolute atomic E-state index is 13.3. The summed E-state index contributed by atoms with van der Waals surface area (Å²) in [6, 6.07) is 13.7. The van der Waals surface area contributed by atoms with Gasteiger partial charge in [0.2, 0.25) is 0 Å². The van der Waals surface area contributed by atoms with Crippen LogP contribution in [0.25, 0.3) is 0 Å². The molecular formula is C21H24ClFN2O2. The second-order valence-corrected chi connectivity index (χ2v) is 7.43. The van der Waals surface area contributed by atoms with Crippen molar-refractivity contribution in [2.45, 2.75) is 31.9 Å². The number of halogens is 2. The molecule has 2 amide bonds. The third kappa shape index (κ3) is 4.79. The van der Waals surface area contributed by atoms with Crippen molar-refractivity contribution < 1.29 is 14.3 Å². The van der Waals surface area contributed by atoms with Crippen molar-refractivity contribution >= 4 is 17.6 Å². The Balaban J connectivity index is 1.53. The number of nitrogens with zero attached hydrogens (tertiary/aromatic N) is 1. The van der Waals surface area contributed by atoms with Crippen LogP contribution < -0.4 is 5.32 Å². The summed E-state index contributed by atoms with van der Waals surface area (Å²) in [5.41, 5.74) is 1.67. The molecule has 2 aromatic rings. The highest BCUT2D eigenvalue weighted by molar-refractivity contribution is 6.30. The van der Waals surface area contributed by atoms with Gasteiger partial charge in [0, 0.05) is 13.1 Å². The number of urea groups is 1. The van der Waals surface area contributed by atoms with E-state index in [1.807, 2.05) is 37.3 Å². The molecule has 3 rings (SSSR count). The fraction of sp³-hybridized carbons (Fsp3) is 0.381. The lowest BCUT2D eigenvalue weighted by molar-refractivity contribution is 0.0662. The Labute approximate surface area is 164 Å². The number of hydrogen-bond donors (Lipinski definition) is 2. The molecule has 6 heteroatoms. The van der Waals surface area contributed by atoms with E-state index < -0.39 is 11.9 Å². The summed E-state index contributed by atoms with van der Waals surface area (Å²) >= 11 is 5.82. The molecule has 1 aliphatic rings. The first-order valence-corrected chi connectivity index (χ1v) is 9.57. The van der Waals surface area contributed by atoms with Crippen molar-refractivity contribution in [3.8, 4) is 0 Å². The molecule has 1 saturated heterocycles. The highest BCUT2D eigenvalue weighted by atomic mass is 35.5. The minimum absolute atomic E-state index is 0.0457. The van der Waals surface area contributed by atoms with Crippen LogP contribution >= 0.6 is 11.6 Å². The van der Waals surface area contributed by atoms with Gasteiger partial charge in [-0.05, 0) is 48.9 Å². The van der Waals surface area contributed by atoms with E-state index >= 15 is 0 Å². The maximum atomic E-state index is 13.3. The molecular weight excluding hydrogens is 367 g/mol. The molecule has 0 saturated carbocycles. The molecule has 2 N–H and O–H groups in total.